The average molecular weight is 462 g/mol. The van der Waals surface area contributed by atoms with Crippen molar-refractivity contribution < 1.29 is 4.39 Å². The minimum Gasteiger partial charge on any atom is -0.324 e. The summed E-state index contributed by atoms with van der Waals surface area (Å²) < 4.78 is 16.9. The zero-order valence-corrected chi connectivity index (χ0v) is 19.6. The van der Waals surface area contributed by atoms with Gasteiger partial charge in [-0.1, -0.05) is 26.0 Å². The predicted octanol–water partition coefficient (Wildman–Crippen LogP) is 3.63. The lowest BCUT2D eigenvalue weighted by atomic mass is 9.90. The minimum absolute atomic E-state index is 0.194. The highest BCUT2D eigenvalue weighted by molar-refractivity contribution is 5.77. The summed E-state index contributed by atoms with van der Waals surface area (Å²) in [6.45, 7) is 7.21. The van der Waals surface area contributed by atoms with Crippen LogP contribution in [0.1, 0.15) is 37.6 Å². The van der Waals surface area contributed by atoms with Gasteiger partial charge in [-0.2, -0.15) is 4.98 Å². The van der Waals surface area contributed by atoms with E-state index < -0.39 is 12.1 Å². The van der Waals surface area contributed by atoms with Crippen molar-refractivity contribution in [2.24, 2.45) is 0 Å². The van der Waals surface area contributed by atoms with Crippen LogP contribution in [-0.2, 0) is 24.9 Å². The number of hydrogen-bond acceptors (Lipinski definition) is 6. The highest BCUT2D eigenvalue weighted by Gasteiger charge is 2.24. The summed E-state index contributed by atoms with van der Waals surface area (Å²) in [5.41, 5.74) is 3.61. The van der Waals surface area contributed by atoms with Crippen LogP contribution in [0.4, 0.5) is 16.0 Å². The third kappa shape index (κ3) is 3.86. The first-order valence-corrected chi connectivity index (χ1v) is 11.5. The molecule has 1 aromatic carbocycles. The average Bonchev–Trinajstić information content (AvgIpc) is 3.14. The Morgan fingerprint density at radius 2 is 2.03 bits per heavy atom. The van der Waals surface area contributed by atoms with Crippen LogP contribution in [0, 0.1) is 0 Å². The monoisotopic (exact) mass is 461 g/mol. The van der Waals surface area contributed by atoms with Crippen molar-refractivity contribution in [3.8, 4) is 5.82 Å². The standard InChI is InChI=1S/C25H28FN7O/c1-4-32-23(34)19-14-28-24(29-18-9-8-16-10-11-27-13-17(16)12-18)31-22(19)33(32)21-7-5-6-20(30-21)25(2,3)15-26/h5-9,12,14,27H,4,10-11,13,15H2,1-3H3,(H,28,29,31). The molecule has 0 spiro atoms. The van der Waals surface area contributed by atoms with Crippen molar-refractivity contribution >= 4 is 22.7 Å². The van der Waals surface area contributed by atoms with Crippen LogP contribution in [0.25, 0.3) is 16.9 Å². The Bertz CT molecular complexity index is 1420. The molecule has 0 saturated heterocycles. The molecule has 9 heteroatoms. The summed E-state index contributed by atoms with van der Waals surface area (Å²) in [7, 11) is 0. The number of hydrogen-bond donors (Lipinski definition) is 2. The summed E-state index contributed by atoms with van der Waals surface area (Å²) in [5, 5.41) is 7.06. The molecular formula is C25H28FN7O. The Labute approximate surface area is 196 Å². The maximum absolute atomic E-state index is 13.6. The molecule has 0 radical (unpaired) electrons. The largest absolute Gasteiger partial charge is 0.324 e. The van der Waals surface area contributed by atoms with Crippen molar-refractivity contribution in [2.75, 3.05) is 18.5 Å². The van der Waals surface area contributed by atoms with Gasteiger partial charge in [0.05, 0.1) is 5.69 Å². The zero-order chi connectivity index (χ0) is 23.9. The van der Waals surface area contributed by atoms with Crippen molar-refractivity contribution in [3.05, 3.63) is 69.8 Å². The smallest absolute Gasteiger partial charge is 0.278 e. The molecule has 0 bridgehead atoms. The fraction of sp³-hybridized carbons (Fsp3) is 0.360. The number of alkyl halides is 1. The molecular weight excluding hydrogens is 433 g/mol. The third-order valence-corrected chi connectivity index (χ3v) is 6.30. The molecule has 0 amide bonds. The molecule has 5 rings (SSSR count). The molecule has 0 fully saturated rings. The van der Waals surface area contributed by atoms with E-state index >= 15 is 0 Å². The Kier molecular flexibility index (Phi) is 5.65. The number of pyridine rings is 1. The van der Waals surface area contributed by atoms with Crippen molar-refractivity contribution in [2.45, 2.75) is 45.7 Å². The third-order valence-electron chi connectivity index (χ3n) is 6.30. The van der Waals surface area contributed by atoms with E-state index in [0.717, 1.165) is 25.2 Å². The van der Waals surface area contributed by atoms with Gasteiger partial charge in [-0.3, -0.25) is 9.18 Å². The number of nitrogens with one attached hydrogen (secondary N) is 2. The highest BCUT2D eigenvalue weighted by Crippen LogP contribution is 2.25. The molecule has 4 heterocycles. The number of rotatable bonds is 6. The van der Waals surface area contributed by atoms with Crippen molar-refractivity contribution in [3.63, 3.8) is 0 Å². The van der Waals surface area contributed by atoms with E-state index in [2.05, 4.69) is 27.8 Å². The number of benzene rings is 1. The molecule has 0 atom stereocenters. The van der Waals surface area contributed by atoms with Gasteiger partial charge < -0.3 is 10.6 Å². The zero-order valence-electron chi connectivity index (χ0n) is 19.6. The van der Waals surface area contributed by atoms with Gasteiger partial charge in [0.15, 0.2) is 11.5 Å². The Hall–Kier alpha value is -3.59. The maximum Gasteiger partial charge on any atom is 0.278 e. The van der Waals surface area contributed by atoms with Crippen molar-refractivity contribution in [1.82, 2.24) is 29.6 Å². The van der Waals surface area contributed by atoms with E-state index in [0.29, 0.717) is 35.0 Å². The normalized spacial score (nSPS) is 13.8. The number of nitrogens with zero attached hydrogens (tertiary/aromatic N) is 5. The number of fused-ring (bicyclic) bond motifs is 2. The Morgan fingerprint density at radius 1 is 1.18 bits per heavy atom. The predicted molar refractivity (Wildman–Crippen MR) is 131 cm³/mol. The molecule has 1 aliphatic rings. The second kappa shape index (κ2) is 8.64. The number of halogens is 1. The summed E-state index contributed by atoms with van der Waals surface area (Å²) in [6, 6.07) is 11.7. The minimum atomic E-state index is -0.737. The van der Waals surface area contributed by atoms with Gasteiger partial charge in [-0.05, 0) is 55.3 Å². The summed E-state index contributed by atoms with van der Waals surface area (Å²) in [6.07, 6.45) is 2.56. The lowest BCUT2D eigenvalue weighted by Crippen LogP contribution is -2.24. The maximum atomic E-state index is 13.6. The number of aromatic nitrogens is 5. The molecule has 176 valence electrons. The Morgan fingerprint density at radius 3 is 2.82 bits per heavy atom. The van der Waals surface area contributed by atoms with Crippen molar-refractivity contribution in [1.29, 1.82) is 0 Å². The molecule has 4 aromatic rings. The first-order valence-electron chi connectivity index (χ1n) is 11.5. The SMILES string of the molecule is CCn1c(=O)c2cnc(Nc3ccc4c(c3)CNCC4)nc2n1-c1cccc(C(C)(C)CF)n1. The van der Waals surface area contributed by atoms with E-state index in [1.807, 2.05) is 19.1 Å². The molecule has 3 aromatic heterocycles. The molecule has 0 saturated carbocycles. The lowest BCUT2D eigenvalue weighted by Gasteiger charge is -2.21. The van der Waals surface area contributed by atoms with Gasteiger partial charge in [0.25, 0.3) is 5.56 Å². The van der Waals surface area contributed by atoms with E-state index in [1.54, 1.807) is 41.5 Å². The van der Waals surface area contributed by atoms with Crippen LogP contribution in [0.15, 0.2) is 47.4 Å². The van der Waals surface area contributed by atoms with Gasteiger partial charge in [0, 0.05) is 30.4 Å². The van der Waals surface area contributed by atoms with Crippen LogP contribution in [0.3, 0.4) is 0 Å². The van der Waals surface area contributed by atoms with E-state index in [1.165, 1.54) is 11.1 Å². The van der Waals surface area contributed by atoms with Gasteiger partial charge in [0.2, 0.25) is 5.95 Å². The fourth-order valence-electron chi connectivity index (χ4n) is 4.28. The fourth-order valence-corrected chi connectivity index (χ4v) is 4.28. The molecule has 1 aliphatic heterocycles. The van der Waals surface area contributed by atoms with E-state index in [-0.39, 0.29) is 5.56 Å². The second-order valence-electron chi connectivity index (χ2n) is 9.20. The first-order chi connectivity index (χ1) is 16.4. The molecule has 0 unspecified atom stereocenters. The second-order valence-corrected chi connectivity index (χ2v) is 9.20. The van der Waals surface area contributed by atoms with Gasteiger partial charge in [-0.25, -0.2) is 19.3 Å². The summed E-state index contributed by atoms with van der Waals surface area (Å²) in [5.74, 6) is 0.899. The summed E-state index contributed by atoms with van der Waals surface area (Å²) in [4.78, 5) is 26.8. The molecule has 8 nitrogen and oxygen atoms in total. The van der Waals surface area contributed by atoms with E-state index in [9.17, 15) is 9.18 Å². The molecule has 34 heavy (non-hydrogen) atoms. The quantitative estimate of drug-likeness (QED) is 0.456. The summed E-state index contributed by atoms with van der Waals surface area (Å²) >= 11 is 0. The van der Waals surface area contributed by atoms with Crippen LogP contribution in [-0.4, -0.2) is 37.5 Å². The lowest BCUT2D eigenvalue weighted by molar-refractivity contribution is 0.344. The van der Waals surface area contributed by atoms with Crippen LogP contribution in [0.5, 0.6) is 0 Å². The van der Waals surface area contributed by atoms with Gasteiger partial charge in [-0.15, -0.1) is 0 Å². The number of anilines is 2. The van der Waals surface area contributed by atoms with Crippen LogP contribution in [0.2, 0.25) is 0 Å². The molecule has 2 N–H and O–H groups in total. The van der Waals surface area contributed by atoms with E-state index in [4.69, 9.17) is 9.97 Å². The highest BCUT2D eigenvalue weighted by atomic mass is 19.1. The first kappa shape index (κ1) is 22.2. The van der Waals surface area contributed by atoms with Gasteiger partial charge in [0.1, 0.15) is 12.1 Å². The topological polar surface area (TPSA) is 89.7 Å². The molecule has 0 aliphatic carbocycles. The van der Waals surface area contributed by atoms with Crippen LogP contribution >= 0.6 is 0 Å². The van der Waals surface area contributed by atoms with Crippen LogP contribution < -0.4 is 16.2 Å². The van der Waals surface area contributed by atoms with Gasteiger partial charge >= 0.3 is 0 Å². The Balaban J connectivity index is 1.60.